The molecule has 0 amide bonds. The van der Waals surface area contributed by atoms with Crippen molar-refractivity contribution in [1.29, 1.82) is 0 Å². The predicted molar refractivity (Wildman–Crippen MR) is 30.7 cm³/mol. The summed E-state index contributed by atoms with van der Waals surface area (Å²) in [5.74, 6) is 0.799. The Morgan fingerprint density at radius 1 is 1.88 bits per heavy atom. The first kappa shape index (κ1) is 5.15. The Kier molecular flexibility index (Phi) is 1.51. The normalized spacial score (nSPS) is 9.12. The van der Waals surface area contributed by atoms with Gasteiger partial charge in [0.05, 0.1) is 0 Å². The molecule has 0 aromatic carbocycles. The van der Waals surface area contributed by atoms with Crippen molar-refractivity contribution in [3.63, 3.8) is 0 Å². The zero-order chi connectivity index (χ0) is 5.82. The lowest BCUT2D eigenvalue weighted by atomic mass is 10.7. The van der Waals surface area contributed by atoms with Crippen LogP contribution in [0.5, 0.6) is 0 Å². The van der Waals surface area contributed by atoms with Gasteiger partial charge in [-0.2, -0.15) is 4.98 Å². The third-order valence-corrected chi connectivity index (χ3v) is 0.790. The van der Waals surface area contributed by atoms with Gasteiger partial charge in [-0.25, -0.2) is 0 Å². The fourth-order valence-corrected chi connectivity index (χ4v) is 0.481. The highest BCUT2D eigenvalue weighted by Gasteiger charge is 1.87. The maximum Gasteiger partial charge on any atom is 0.182 e. The Bertz CT molecular complexity index is 136. The molecule has 3 nitrogen and oxygen atoms in total. The monoisotopic (exact) mass is 112 g/mol. The number of nitrogens with zero attached hydrogens (tertiary/aromatic N) is 1. The second kappa shape index (κ2) is 2.35. The van der Waals surface area contributed by atoms with E-state index in [1.54, 1.807) is 6.26 Å². The third-order valence-electron chi connectivity index (χ3n) is 0.790. The van der Waals surface area contributed by atoms with Crippen molar-refractivity contribution in [3.05, 3.63) is 12.7 Å². The second-order valence-electron chi connectivity index (χ2n) is 1.40. The predicted octanol–water partition coefficient (Wildman–Crippen LogP) is 1.11. The highest BCUT2D eigenvalue weighted by atomic mass is 16.3. The van der Waals surface area contributed by atoms with Crippen LogP contribution in [0.3, 0.4) is 0 Å². The Hall–Kier alpha value is -0.990. The van der Waals surface area contributed by atoms with Gasteiger partial charge in [-0.05, 0) is 6.92 Å². The summed E-state index contributed by atoms with van der Waals surface area (Å²) in [5, 5.41) is 2.98. The number of aromatic nitrogens is 1. The van der Waals surface area contributed by atoms with Gasteiger partial charge in [0.25, 0.3) is 0 Å². The van der Waals surface area contributed by atoms with E-state index >= 15 is 0 Å². The molecule has 3 heteroatoms. The molecule has 0 aliphatic rings. The molecule has 0 radical (unpaired) electrons. The Morgan fingerprint density at radius 3 is 3.25 bits per heavy atom. The lowest BCUT2D eigenvalue weighted by Gasteiger charge is -1.90. The zero-order valence-electron chi connectivity index (χ0n) is 4.72. The van der Waals surface area contributed by atoms with E-state index < -0.39 is 0 Å². The summed E-state index contributed by atoms with van der Waals surface area (Å²) in [6, 6.07) is 0. The first-order valence-electron chi connectivity index (χ1n) is 2.55. The zero-order valence-corrected chi connectivity index (χ0v) is 4.72. The molecule has 0 atom stereocenters. The SMILES string of the molecule is CCNc1cocn1. The number of hydrogen-bond acceptors (Lipinski definition) is 3. The Labute approximate surface area is 47.7 Å². The largest absolute Gasteiger partial charge is 0.449 e. The molecule has 1 heterocycles. The van der Waals surface area contributed by atoms with E-state index in [4.69, 9.17) is 4.42 Å². The fraction of sp³-hybridized carbons (Fsp3) is 0.400. The molecule has 0 spiro atoms. The van der Waals surface area contributed by atoms with Gasteiger partial charge in [0.2, 0.25) is 0 Å². The van der Waals surface area contributed by atoms with Crippen molar-refractivity contribution in [1.82, 2.24) is 4.98 Å². The summed E-state index contributed by atoms with van der Waals surface area (Å²) in [6.07, 6.45) is 2.97. The highest BCUT2D eigenvalue weighted by Crippen LogP contribution is 1.98. The number of anilines is 1. The number of nitrogens with one attached hydrogen (secondary N) is 1. The van der Waals surface area contributed by atoms with Crippen LogP contribution in [0.1, 0.15) is 6.92 Å². The summed E-state index contributed by atoms with van der Waals surface area (Å²) >= 11 is 0. The molecule has 0 aliphatic heterocycles. The number of rotatable bonds is 2. The molecule has 1 rings (SSSR count). The fourth-order valence-electron chi connectivity index (χ4n) is 0.481. The summed E-state index contributed by atoms with van der Waals surface area (Å²) in [7, 11) is 0. The van der Waals surface area contributed by atoms with Crippen LogP contribution in [0, 0.1) is 0 Å². The van der Waals surface area contributed by atoms with Crippen LogP contribution in [0.2, 0.25) is 0 Å². The first-order chi connectivity index (χ1) is 3.93. The van der Waals surface area contributed by atoms with Gasteiger partial charge in [-0.3, -0.25) is 0 Å². The topological polar surface area (TPSA) is 38.1 Å². The minimum atomic E-state index is 0.799. The summed E-state index contributed by atoms with van der Waals surface area (Å²) in [6.45, 7) is 2.89. The van der Waals surface area contributed by atoms with E-state index in [1.165, 1.54) is 6.39 Å². The van der Waals surface area contributed by atoms with Crippen LogP contribution >= 0.6 is 0 Å². The maximum absolute atomic E-state index is 4.69. The van der Waals surface area contributed by atoms with E-state index in [2.05, 4.69) is 10.3 Å². The van der Waals surface area contributed by atoms with E-state index in [0.717, 1.165) is 12.4 Å². The molecule has 0 saturated carbocycles. The van der Waals surface area contributed by atoms with Crippen LogP contribution < -0.4 is 5.32 Å². The van der Waals surface area contributed by atoms with Gasteiger partial charge in [0, 0.05) is 6.54 Å². The lowest BCUT2D eigenvalue weighted by molar-refractivity contribution is 0.558. The van der Waals surface area contributed by atoms with Gasteiger partial charge >= 0.3 is 0 Å². The van der Waals surface area contributed by atoms with Gasteiger partial charge < -0.3 is 9.73 Å². The average Bonchev–Trinajstić information content (AvgIpc) is 2.19. The van der Waals surface area contributed by atoms with Gasteiger partial charge in [-0.1, -0.05) is 0 Å². The molecule has 1 N–H and O–H groups in total. The van der Waals surface area contributed by atoms with Crippen LogP contribution in [0.25, 0.3) is 0 Å². The Morgan fingerprint density at radius 2 is 2.75 bits per heavy atom. The maximum atomic E-state index is 4.69. The van der Waals surface area contributed by atoms with Crippen LogP contribution in [0.4, 0.5) is 5.82 Å². The lowest BCUT2D eigenvalue weighted by Crippen LogP contribution is -1.95. The van der Waals surface area contributed by atoms with Crippen molar-refractivity contribution < 1.29 is 4.42 Å². The van der Waals surface area contributed by atoms with Gasteiger partial charge in [0.15, 0.2) is 12.2 Å². The van der Waals surface area contributed by atoms with Crippen LogP contribution in [-0.4, -0.2) is 11.5 Å². The van der Waals surface area contributed by atoms with Crippen LogP contribution in [-0.2, 0) is 0 Å². The molecule has 0 saturated heterocycles. The number of oxazole rings is 1. The second-order valence-corrected chi connectivity index (χ2v) is 1.40. The minimum absolute atomic E-state index is 0.799. The smallest absolute Gasteiger partial charge is 0.182 e. The first-order valence-corrected chi connectivity index (χ1v) is 2.55. The van der Waals surface area contributed by atoms with Crippen molar-refractivity contribution in [2.45, 2.75) is 6.92 Å². The molecule has 0 bridgehead atoms. The van der Waals surface area contributed by atoms with E-state index in [-0.39, 0.29) is 0 Å². The summed E-state index contributed by atoms with van der Waals surface area (Å²) in [5.41, 5.74) is 0. The number of hydrogen-bond donors (Lipinski definition) is 1. The molecular formula is C5H8N2O. The van der Waals surface area contributed by atoms with Crippen molar-refractivity contribution in [3.8, 4) is 0 Å². The molecule has 0 unspecified atom stereocenters. The van der Waals surface area contributed by atoms with Crippen molar-refractivity contribution in [2.24, 2.45) is 0 Å². The van der Waals surface area contributed by atoms with Gasteiger partial charge in [0.1, 0.15) is 6.26 Å². The van der Waals surface area contributed by atoms with Crippen molar-refractivity contribution >= 4 is 5.82 Å². The quantitative estimate of drug-likeness (QED) is 0.622. The van der Waals surface area contributed by atoms with E-state index in [1.807, 2.05) is 6.92 Å². The molecule has 44 valence electrons. The Balaban J connectivity index is 2.50. The van der Waals surface area contributed by atoms with Crippen LogP contribution in [0.15, 0.2) is 17.1 Å². The highest BCUT2D eigenvalue weighted by molar-refractivity contribution is 5.27. The summed E-state index contributed by atoms with van der Waals surface area (Å²) < 4.78 is 4.69. The van der Waals surface area contributed by atoms with Gasteiger partial charge in [-0.15, -0.1) is 0 Å². The third kappa shape index (κ3) is 0.992. The standard InChI is InChI=1S/C5H8N2O/c1-2-6-5-3-8-4-7-5/h3-4,6H,2H2,1H3. The van der Waals surface area contributed by atoms with E-state index in [0.29, 0.717) is 0 Å². The molecule has 0 fully saturated rings. The average molecular weight is 112 g/mol. The molecule has 0 aliphatic carbocycles. The summed E-state index contributed by atoms with van der Waals surface area (Å²) in [4.78, 5) is 3.83. The van der Waals surface area contributed by atoms with Crippen molar-refractivity contribution in [2.75, 3.05) is 11.9 Å². The molecule has 8 heavy (non-hydrogen) atoms. The molecule has 1 aromatic heterocycles. The van der Waals surface area contributed by atoms with E-state index in [9.17, 15) is 0 Å². The molecular weight excluding hydrogens is 104 g/mol. The molecule has 1 aromatic rings. The minimum Gasteiger partial charge on any atom is -0.449 e.